The molecule has 0 heterocycles. The molecule has 1 aromatic carbocycles. The Morgan fingerprint density at radius 1 is 1.20 bits per heavy atom. The van der Waals surface area contributed by atoms with Gasteiger partial charge in [0, 0.05) is 5.41 Å². The third-order valence-electron chi connectivity index (χ3n) is 7.45. The second-order valence-corrected chi connectivity index (χ2v) is 10.0. The fraction of sp³-hybridized carbons (Fsp3) is 0.684. The van der Waals surface area contributed by atoms with Gasteiger partial charge in [0.15, 0.2) is 0 Å². The molecule has 25 heavy (non-hydrogen) atoms. The normalized spacial score (nSPS) is 40.2. The highest BCUT2D eigenvalue weighted by Crippen LogP contribution is 2.64. The molecule has 0 aliphatic heterocycles. The van der Waals surface area contributed by atoms with E-state index in [1.165, 1.54) is 11.1 Å². The summed E-state index contributed by atoms with van der Waals surface area (Å²) in [6, 6.07) is 5.64. The summed E-state index contributed by atoms with van der Waals surface area (Å²) in [5, 5.41) is 20.9. The van der Waals surface area contributed by atoms with Gasteiger partial charge in [-0.05, 0) is 79.5 Å². The Labute approximate surface area is 148 Å². The number of phenols is 1. The zero-order chi connectivity index (χ0) is 18.0. The monoisotopic (exact) mass is 366 g/mol. The Morgan fingerprint density at radius 2 is 1.96 bits per heavy atom. The van der Waals surface area contributed by atoms with E-state index in [1.54, 1.807) is 6.07 Å². The van der Waals surface area contributed by atoms with Crippen LogP contribution in [-0.4, -0.2) is 34.5 Å². The van der Waals surface area contributed by atoms with Gasteiger partial charge in [-0.3, -0.25) is 4.55 Å². The van der Waals surface area contributed by atoms with Crippen LogP contribution in [0.25, 0.3) is 0 Å². The number of hydrogen-bond acceptors (Lipinski definition) is 4. The number of aliphatic hydroxyl groups is 1. The number of rotatable bonds is 2. The Kier molecular flexibility index (Phi) is 3.77. The quantitative estimate of drug-likeness (QED) is 0.700. The number of benzene rings is 1. The van der Waals surface area contributed by atoms with Crippen LogP contribution in [0, 0.1) is 17.3 Å². The summed E-state index contributed by atoms with van der Waals surface area (Å²) in [7, 11) is -4.22. The third-order valence-corrected chi connectivity index (χ3v) is 8.30. The molecule has 0 unspecified atom stereocenters. The van der Waals surface area contributed by atoms with E-state index in [9.17, 15) is 23.2 Å². The molecule has 0 saturated heterocycles. The van der Waals surface area contributed by atoms with Gasteiger partial charge in [-0.2, -0.15) is 8.42 Å². The predicted octanol–water partition coefficient (Wildman–Crippen LogP) is 2.87. The van der Waals surface area contributed by atoms with Crippen LogP contribution < -0.4 is 0 Å². The van der Waals surface area contributed by atoms with Crippen molar-refractivity contribution in [3.05, 3.63) is 29.3 Å². The average molecular weight is 366 g/mol. The maximum absolute atomic E-state index is 11.5. The van der Waals surface area contributed by atoms with Gasteiger partial charge < -0.3 is 10.2 Å². The molecule has 2 saturated carbocycles. The van der Waals surface area contributed by atoms with E-state index in [-0.39, 0.29) is 5.92 Å². The van der Waals surface area contributed by atoms with Crippen LogP contribution in [0.2, 0.25) is 0 Å². The zero-order valence-corrected chi connectivity index (χ0v) is 15.3. The Balaban J connectivity index is 1.67. The second kappa shape index (κ2) is 5.44. The van der Waals surface area contributed by atoms with Gasteiger partial charge in [0.05, 0.1) is 5.60 Å². The summed E-state index contributed by atoms with van der Waals surface area (Å²) >= 11 is 0. The highest BCUT2D eigenvalue weighted by Gasteiger charge is 2.62. The molecule has 3 aliphatic rings. The first kappa shape index (κ1) is 17.3. The first-order valence-electron chi connectivity index (χ1n) is 9.12. The molecule has 138 valence electrons. The number of phenolic OH excluding ortho intramolecular Hbond substituents is 1. The molecule has 2 fully saturated rings. The predicted molar refractivity (Wildman–Crippen MR) is 94.1 cm³/mol. The molecule has 0 amide bonds. The van der Waals surface area contributed by atoms with Crippen molar-refractivity contribution in [3.63, 3.8) is 0 Å². The molecular weight excluding hydrogens is 340 g/mol. The SMILES string of the molecule is C[C@]12CC[C@@H]3c4ccc(O)cc4CC[C@H]3[C@@H]1CC[C@@]2(O)CS(=O)(=O)O. The van der Waals surface area contributed by atoms with Crippen LogP contribution in [0.5, 0.6) is 5.75 Å². The molecule has 0 bridgehead atoms. The van der Waals surface area contributed by atoms with Crippen molar-refractivity contribution < 1.29 is 23.2 Å². The minimum Gasteiger partial charge on any atom is -0.508 e. The largest absolute Gasteiger partial charge is 0.508 e. The van der Waals surface area contributed by atoms with Gasteiger partial charge in [-0.15, -0.1) is 0 Å². The first-order chi connectivity index (χ1) is 11.6. The molecule has 0 radical (unpaired) electrons. The van der Waals surface area contributed by atoms with Gasteiger partial charge in [-0.1, -0.05) is 13.0 Å². The van der Waals surface area contributed by atoms with Gasteiger partial charge >= 0.3 is 0 Å². The molecule has 1 aromatic rings. The number of aryl methyl sites for hydroxylation is 1. The molecule has 0 aromatic heterocycles. The van der Waals surface area contributed by atoms with Crippen LogP contribution in [0.1, 0.15) is 56.1 Å². The zero-order valence-electron chi connectivity index (χ0n) is 14.5. The molecular formula is C19H26O5S. The van der Waals surface area contributed by atoms with Crippen molar-refractivity contribution in [2.45, 2.75) is 57.0 Å². The van der Waals surface area contributed by atoms with Gasteiger partial charge in [0.1, 0.15) is 11.5 Å². The van der Waals surface area contributed by atoms with Crippen molar-refractivity contribution in [3.8, 4) is 5.75 Å². The van der Waals surface area contributed by atoms with E-state index in [0.29, 0.717) is 24.0 Å². The van der Waals surface area contributed by atoms with Crippen LogP contribution in [0.15, 0.2) is 18.2 Å². The lowest BCUT2D eigenvalue weighted by Crippen LogP contribution is -2.53. The minimum atomic E-state index is -4.22. The third kappa shape index (κ3) is 2.61. The Bertz CT molecular complexity index is 804. The maximum Gasteiger partial charge on any atom is 0.267 e. The molecule has 3 aliphatic carbocycles. The van der Waals surface area contributed by atoms with Crippen molar-refractivity contribution in [2.24, 2.45) is 17.3 Å². The summed E-state index contributed by atoms with van der Waals surface area (Å²) < 4.78 is 32.2. The Morgan fingerprint density at radius 3 is 2.68 bits per heavy atom. The van der Waals surface area contributed by atoms with Crippen molar-refractivity contribution in [1.82, 2.24) is 0 Å². The van der Waals surface area contributed by atoms with E-state index < -0.39 is 26.9 Å². The van der Waals surface area contributed by atoms with Crippen LogP contribution >= 0.6 is 0 Å². The highest BCUT2D eigenvalue weighted by atomic mass is 32.2. The van der Waals surface area contributed by atoms with E-state index in [1.807, 2.05) is 19.1 Å². The fourth-order valence-electron chi connectivity index (χ4n) is 6.22. The first-order valence-corrected chi connectivity index (χ1v) is 10.7. The van der Waals surface area contributed by atoms with Crippen LogP contribution in [0.3, 0.4) is 0 Å². The molecule has 6 heteroatoms. The number of hydrogen-bond donors (Lipinski definition) is 3. The Hall–Kier alpha value is -1.11. The lowest BCUT2D eigenvalue weighted by Gasteiger charge is -2.53. The minimum absolute atomic E-state index is 0.264. The van der Waals surface area contributed by atoms with Crippen molar-refractivity contribution >= 4 is 10.1 Å². The van der Waals surface area contributed by atoms with Gasteiger partial charge in [0.25, 0.3) is 10.1 Å². The average Bonchev–Trinajstić information content (AvgIpc) is 2.76. The van der Waals surface area contributed by atoms with Gasteiger partial charge in [0.2, 0.25) is 0 Å². The number of aromatic hydroxyl groups is 1. The molecule has 5 nitrogen and oxygen atoms in total. The summed E-state index contributed by atoms with van der Waals surface area (Å²) in [6.45, 7) is 2.01. The molecule has 3 N–H and O–H groups in total. The summed E-state index contributed by atoms with van der Waals surface area (Å²) in [5.41, 5.74) is 0.710. The van der Waals surface area contributed by atoms with E-state index >= 15 is 0 Å². The van der Waals surface area contributed by atoms with E-state index in [4.69, 9.17) is 0 Å². The lowest BCUT2D eigenvalue weighted by molar-refractivity contribution is -0.0883. The summed E-state index contributed by atoms with van der Waals surface area (Å²) in [4.78, 5) is 0. The standard InChI is InChI=1S/C19H26O5S/c1-18-8-6-15-14-5-3-13(20)10-12(14)2-4-16(15)17(18)7-9-19(18,21)11-25(22,23)24/h3,5,10,15-17,20-21H,2,4,6-9,11H2,1H3,(H,22,23,24)/t15-,16-,17+,18+,19-/m1/s1. The van der Waals surface area contributed by atoms with E-state index in [0.717, 1.165) is 32.1 Å². The second-order valence-electron chi connectivity index (χ2n) is 8.55. The molecule has 4 rings (SSSR count). The van der Waals surface area contributed by atoms with Crippen molar-refractivity contribution in [1.29, 1.82) is 0 Å². The highest BCUT2D eigenvalue weighted by molar-refractivity contribution is 7.85. The van der Waals surface area contributed by atoms with Crippen molar-refractivity contribution in [2.75, 3.05) is 5.75 Å². The van der Waals surface area contributed by atoms with Crippen LogP contribution in [-0.2, 0) is 16.5 Å². The fourth-order valence-corrected chi connectivity index (χ4v) is 7.30. The number of fused-ring (bicyclic) bond motifs is 5. The summed E-state index contributed by atoms with van der Waals surface area (Å²) in [6.07, 6.45) is 4.81. The smallest absolute Gasteiger partial charge is 0.267 e. The topological polar surface area (TPSA) is 94.8 Å². The van der Waals surface area contributed by atoms with Gasteiger partial charge in [-0.25, -0.2) is 0 Å². The molecule has 0 spiro atoms. The molecule has 5 atom stereocenters. The maximum atomic E-state index is 11.5. The lowest BCUT2D eigenvalue weighted by atomic mass is 9.53. The summed E-state index contributed by atoms with van der Waals surface area (Å²) in [5.74, 6) is 0.845. The van der Waals surface area contributed by atoms with E-state index in [2.05, 4.69) is 0 Å². The van der Waals surface area contributed by atoms with Crippen LogP contribution in [0.4, 0.5) is 0 Å².